The molecule has 0 aliphatic carbocycles. The highest BCUT2D eigenvalue weighted by Crippen LogP contribution is 2.19. The second kappa shape index (κ2) is 9.39. The number of halogens is 2. The standard InChI is InChI=1S/C16H25N5O.2ClH/c1-11-9-15(19-12(2)18-11)21-7-4-14(5-8-21)20-16(22)13-3-6-17-10-13;;/h9,13-14,17H,3-8,10H2,1-2H3,(H,20,22);2*1H. The SMILES string of the molecule is Cc1cc(N2CCC(NC(=O)C3CCNC3)CC2)nc(C)n1.Cl.Cl. The van der Waals surface area contributed by atoms with E-state index in [9.17, 15) is 4.79 Å². The van der Waals surface area contributed by atoms with Crippen LogP contribution in [0.3, 0.4) is 0 Å². The van der Waals surface area contributed by atoms with Crippen LogP contribution in [0.1, 0.15) is 30.8 Å². The lowest BCUT2D eigenvalue weighted by Gasteiger charge is -2.33. The molecule has 1 aromatic heterocycles. The van der Waals surface area contributed by atoms with Gasteiger partial charge in [-0.3, -0.25) is 4.79 Å². The molecule has 24 heavy (non-hydrogen) atoms. The monoisotopic (exact) mass is 375 g/mol. The molecule has 2 N–H and O–H groups in total. The fourth-order valence-corrected chi connectivity index (χ4v) is 3.31. The van der Waals surface area contributed by atoms with Crippen LogP contribution in [-0.2, 0) is 4.79 Å². The first-order valence-corrected chi connectivity index (χ1v) is 8.20. The molecule has 2 aliphatic rings. The van der Waals surface area contributed by atoms with E-state index in [0.717, 1.165) is 62.8 Å². The van der Waals surface area contributed by atoms with Crippen molar-refractivity contribution in [3.63, 3.8) is 0 Å². The summed E-state index contributed by atoms with van der Waals surface area (Å²) in [5, 5.41) is 6.46. The molecule has 2 fully saturated rings. The predicted octanol–water partition coefficient (Wildman–Crippen LogP) is 1.63. The summed E-state index contributed by atoms with van der Waals surface area (Å²) in [6.07, 6.45) is 2.92. The Kier molecular flexibility index (Phi) is 8.19. The van der Waals surface area contributed by atoms with Crippen molar-refractivity contribution in [2.24, 2.45) is 5.92 Å². The minimum atomic E-state index is 0. The van der Waals surface area contributed by atoms with Crippen LogP contribution in [0.4, 0.5) is 5.82 Å². The summed E-state index contributed by atoms with van der Waals surface area (Å²) in [5.74, 6) is 2.20. The molecule has 3 rings (SSSR count). The smallest absolute Gasteiger partial charge is 0.224 e. The molecule has 2 saturated heterocycles. The molecule has 1 amide bonds. The maximum atomic E-state index is 12.2. The Morgan fingerprint density at radius 3 is 2.50 bits per heavy atom. The fourth-order valence-electron chi connectivity index (χ4n) is 3.31. The molecule has 0 radical (unpaired) electrons. The molecule has 3 heterocycles. The van der Waals surface area contributed by atoms with Crippen molar-refractivity contribution in [2.75, 3.05) is 31.1 Å². The number of aromatic nitrogens is 2. The Hall–Kier alpha value is -1.11. The van der Waals surface area contributed by atoms with E-state index in [1.165, 1.54) is 0 Å². The molecule has 1 atom stereocenters. The number of nitrogens with one attached hydrogen (secondary N) is 2. The van der Waals surface area contributed by atoms with E-state index in [1.807, 2.05) is 19.9 Å². The number of hydrogen-bond acceptors (Lipinski definition) is 5. The molecule has 1 unspecified atom stereocenters. The lowest BCUT2D eigenvalue weighted by molar-refractivity contribution is -0.125. The third kappa shape index (κ3) is 5.19. The first-order chi connectivity index (χ1) is 10.6. The minimum absolute atomic E-state index is 0. The molecule has 0 saturated carbocycles. The van der Waals surface area contributed by atoms with E-state index < -0.39 is 0 Å². The van der Waals surface area contributed by atoms with E-state index in [4.69, 9.17) is 0 Å². The number of carbonyl (C=O) groups excluding carboxylic acids is 1. The number of rotatable bonds is 3. The van der Waals surface area contributed by atoms with Gasteiger partial charge in [0.15, 0.2) is 0 Å². The van der Waals surface area contributed by atoms with Gasteiger partial charge in [-0.15, -0.1) is 24.8 Å². The van der Waals surface area contributed by atoms with Crippen LogP contribution >= 0.6 is 24.8 Å². The normalized spacial score (nSPS) is 20.9. The zero-order valence-corrected chi connectivity index (χ0v) is 15.9. The lowest BCUT2D eigenvalue weighted by atomic mass is 10.0. The molecule has 0 spiro atoms. The van der Waals surface area contributed by atoms with Crippen molar-refractivity contribution in [1.29, 1.82) is 0 Å². The minimum Gasteiger partial charge on any atom is -0.356 e. The van der Waals surface area contributed by atoms with E-state index >= 15 is 0 Å². The van der Waals surface area contributed by atoms with E-state index in [-0.39, 0.29) is 36.6 Å². The molecule has 0 aromatic carbocycles. The number of nitrogens with zero attached hydrogens (tertiary/aromatic N) is 3. The van der Waals surface area contributed by atoms with Gasteiger partial charge < -0.3 is 15.5 Å². The van der Waals surface area contributed by atoms with E-state index in [2.05, 4.69) is 25.5 Å². The maximum absolute atomic E-state index is 12.2. The van der Waals surface area contributed by atoms with Crippen LogP contribution in [0.2, 0.25) is 0 Å². The second-order valence-electron chi connectivity index (χ2n) is 6.37. The van der Waals surface area contributed by atoms with Crippen LogP contribution in [0, 0.1) is 19.8 Å². The van der Waals surface area contributed by atoms with Gasteiger partial charge in [0, 0.05) is 37.4 Å². The third-order valence-electron chi connectivity index (χ3n) is 4.55. The van der Waals surface area contributed by atoms with Crippen molar-refractivity contribution < 1.29 is 4.79 Å². The molecule has 6 nitrogen and oxygen atoms in total. The Morgan fingerprint density at radius 1 is 1.21 bits per heavy atom. The average Bonchev–Trinajstić information content (AvgIpc) is 3.01. The number of carbonyl (C=O) groups is 1. The van der Waals surface area contributed by atoms with Crippen molar-refractivity contribution in [1.82, 2.24) is 20.6 Å². The number of amides is 1. The second-order valence-corrected chi connectivity index (χ2v) is 6.37. The van der Waals surface area contributed by atoms with Gasteiger partial charge in [0.05, 0.1) is 5.92 Å². The first-order valence-electron chi connectivity index (χ1n) is 8.20. The van der Waals surface area contributed by atoms with Gasteiger partial charge in [0.25, 0.3) is 0 Å². The van der Waals surface area contributed by atoms with Gasteiger partial charge in [0.2, 0.25) is 5.91 Å². The predicted molar refractivity (Wildman–Crippen MR) is 100 cm³/mol. The molecular formula is C16H27Cl2N5O. The van der Waals surface area contributed by atoms with Gasteiger partial charge in [-0.05, 0) is 39.7 Å². The summed E-state index contributed by atoms with van der Waals surface area (Å²) in [7, 11) is 0. The average molecular weight is 376 g/mol. The molecule has 8 heteroatoms. The highest BCUT2D eigenvalue weighted by atomic mass is 35.5. The van der Waals surface area contributed by atoms with Crippen LogP contribution in [-0.4, -0.2) is 48.1 Å². The highest BCUT2D eigenvalue weighted by Gasteiger charge is 2.27. The summed E-state index contributed by atoms with van der Waals surface area (Å²) in [6, 6.07) is 2.34. The van der Waals surface area contributed by atoms with Crippen LogP contribution < -0.4 is 15.5 Å². The van der Waals surface area contributed by atoms with Gasteiger partial charge in [0.1, 0.15) is 11.6 Å². The first kappa shape index (κ1) is 20.9. The zero-order valence-electron chi connectivity index (χ0n) is 14.2. The number of piperidine rings is 1. The van der Waals surface area contributed by atoms with E-state index in [0.29, 0.717) is 6.04 Å². The third-order valence-corrected chi connectivity index (χ3v) is 4.55. The van der Waals surface area contributed by atoms with Crippen molar-refractivity contribution in [3.8, 4) is 0 Å². The van der Waals surface area contributed by atoms with Crippen molar-refractivity contribution in [2.45, 2.75) is 39.2 Å². The summed E-state index contributed by atoms with van der Waals surface area (Å²) < 4.78 is 0. The summed E-state index contributed by atoms with van der Waals surface area (Å²) in [4.78, 5) is 23.3. The van der Waals surface area contributed by atoms with Crippen molar-refractivity contribution >= 4 is 36.5 Å². The zero-order chi connectivity index (χ0) is 15.5. The molecule has 1 aromatic rings. The maximum Gasteiger partial charge on any atom is 0.224 e. The summed E-state index contributed by atoms with van der Waals surface area (Å²) in [5.41, 5.74) is 1.01. The van der Waals surface area contributed by atoms with Crippen molar-refractivity contribution in [3.05, 3.63) is 17.6 Å². The molecule has 136 valence electrons. The Morgan fingerprint density at radius 2 is 1.92 bits per heavy atom. The fraction of sp³-hybridized carbons (Fsp3) is 0.688. The van der Waals surface area contributed by atoms with Gasteiger partial charge >= 0.3 is 0 Å². The lowest BCUT2D eigenvalue weighted by Crippen LogP contribution is -2.46. The molecule has 0 bridgehead atoms. The van der Waals surface area contributed by atoms with Gasteiger partial charge in [-0.1, -0.05) is 0 Å². The van der Waals surface area contributed by atoms with Gasteiger partial charge in [-0.25, -0.2) is 9.97 Å². The topological polar surface area (TPSA) is 70.2 Å². The van der Waals surface area contributed by atoms with Crippen LogP contribution in [0.5, 0.6) is 0 Å². The Labute approximate surface area is 156 Å². The Balaban J connectivity index is 0.00000144. The largest absolute Gasteiger partial charge is 0.356 e. The van der Waals surface area contributed by atoms with Crippen LogP contribution in [0.15, 0.2) is 6.07 Å². The van der Waals surface area contributed by atoms with Gasteiger partial charge in [-0.2, -0.15) is 0 Å². The number of hydrogen-bond donors (Lipinski definition) is 2. The summed E-state index contributed by atoms with van der Waals surface area (Å²) >= 11 is 0. The highest BCUT2D eigenvalue weighted by molar-refractivity contribution is 5.85. The molecule has 2 aliphatic heterocycles. The van der Waals surface area contributed by atoms with Crippen LogP contribution in [0.25, 0.3) is 0 Å². The Bertz CT molecular complexity index is 523. The molecular weight excluding hydrogens is 349 g/mol. The van der Waals surface area contributed by atoms with E-state index in [1.54, 1.807) is 0 Å². The quantitative estimate of drug-likeness (QED) is 0.839. The number of aryl methyl sites for hydroxylation is 2. The number of anilines is 1. The summed E-state index contributed by atoms with van der Waals surface area (Å²) in [6.45, 7) is 7.58.